The summed E-state index contributed by atoms with van der Waals surface area (Å²) in [5, 5.41) is 17.6. The van der Waals surface area contributed by atoms with Crippen LogP contribution in [0.4, 0.5) is 52.7 Å². The summed E-state index contributed by atoms with van der Waals surface area (Å²) in [4.78, 5) is 0. The molecule has 158 valence electrons. The molecule has 0 unspecified atom stereocenters. The molecule has 0 aromatic heterocycles. The van der Waals surface area contributed by atoms with Gasteiger partial charge < -0.3 is 10.2 Å². The third kappa shape index (κ3) is 5.30. The fraction of sp³-hybridized carbons (Fsp3) is 1.00. The van der Waals surface area contributed by atoms with Crippen molar-refractivity contribution in [2.24, 2.45) is 0 Å². The maximum Gasteiger partial charge on any atom is 0.426 e. The normalized spacial score (nSPS) is 15.5. The molecule has 0 aliphatic heterocycles. The van der Waals surface area contributed by atoms with E-state index in [9.17, 15) is 52.7 Å². The fourth-order valence-corrected chi connectivity index (χ4v) is 2.00. The summed E-state index contributed by atoms with van der Waals surface area (Å²) in [5.41, 5.74) is -10.1. The smallest absolute Gasteiger partial charge is 0.374 e. The van der Waals surface area contributed by atoms with Gasteiger partial charge in [0.05, 0.1) is 0 Å². The van der Waals surface area contributed by atoms with E-state index in [0.29, 0.717) is 0 Å². The molecule has 0 aliphatic carbocycles. The van der Waals surface area contributed by atoms with E-state index in [1.165, 1.54) is 0 Å². The maximum atomic E-state index is 12.3. The summed E-state index contributed by atoms with van der Waals surface area (Å²) >= 11 is 0. The minimum Gasteiger partial charge on any atom is -0.374 e. The van der Waals surface area contributed by atoms with Gasteiger partial charge in [0.2, 0.25) is 0 Å². The maximum absolute atomic E-state index is 12.3. The quantitative estimate of drug-likeness (QED) is 0.450. The van der Waals surface area contributed by atoms with E-state index in [1.807, 2.05) is 0 Å². The first-order valence-corrected chi connectivity index (χ1v) is 6.92. The van der Waals surface area contributed by atoms with Crippen LogP contribution in [0.25, 0.3) is 0 Å². The summed E-state index contributed by atoms with van der Waals surface area (Å²) < 4.78 is 148. The van der Waals surface area contributed by atoms with Crippen LogP contribution >= 0.6 is 0 Å². The van der Waals surface area contributed by atoms with E-state index in [-0.39, 0.29) is 0 Å². The Bertz CT molecular complexity index is 375. The molecule has 0 atom stereocenters. The molecule has 0 bridgehead atoms. The molecule has 0 spiro atoms. The predicted octanol–water partition coefficient (Wildman–Crippen LogP) is 5.04. The van der Waals surface area contributed by atoms with Gasteiger partial charge in [-0.1, -0.05) is 12.8 Å². The number of hydrogen-bond donors (Lipinski definition) is 2. The van der Waals surface area contributed by atoms with E-state index in [4.69, 9.17) is 10.2 Å². The van der Waals surface area contributed by atoms with Gasteiger partial charge >= 0.3 is 24.7 Å². The summed E-state index contributed by atoms with van der Waals surface area (Å²) in [6.07, 6.45) is -31.1. The van der Waals surface area contributed by atoms with Crippen LogP contribution in [0.1, 0.15) is 38.5 Å². The van der Waals surface area contributed by atoms with Crippen molar-refractivity contribution in [1.29, 1.82) is 0 Å². The zero-order valence-electron chi connectivity index (χ0n) is 12.7. The van der Waals surface area contributed by atoms with Crippen molar-refractivity contribution in [1.82, 2.24) is 0 Å². The fourth-order valence-electron chi connectivity index (χ4n) is 2.00. The number of alkyl halides is 12. The molecule has 0 aromatic carbocycles. The van der Waals surface area contributed by atoms with Crippen LogP contribution in [-0.4, -0.2) is 46.1 Å². The largest absolute Gasteiger partial charge is 0.426 e. The third-order valence-electron chi connectivity index (χ3n) is 3.70. The van der Waals surface area contributed by atoms with Crippen molar-refractivity contribution >= 4 is 0 Å². The molecule has 0 aliphatic rings. The minimum atomic E-state index is -6.06. The monoisotopic (exact) mass is 418 g/mol. The Morgan fingerprint density at radius 1 is 0.385 bits per heavy atom. The molecular formula is C12H14F12O2. The zero-order chi connectivity index (χ0) is 21.2. The van der Waals surface area contributed by atoms with E-state index in [0.717, 1.165) is 0 Å². The highest BCUT2D eigenvalue weighted by atomic mass is 19.4. The Hall–Kier alpha value is -0.920. The highest BCUT2D eigenvalue weighted by Gasteiger charge is 2.70. The molecule has 0 saturated heterocycles. The highest BCUT2D eigenvalue weighted by molar-refractivity contribution is 4.94. The lowest BCUT2D eigenvalue weighted by Gasteiger charge is -2.33. The Balaban J connectivity index is 4.69. The third-order valence-corrected chi connectivity index (χ3v) is 3.70. The summed E-state index contributed by atoms with van der Waals surface area (Å²) in [5.74, 6) is 0. The molecular weight excluding hydrogens is 404 g/mol. The van der Waals surface area contributed by atoms with Crippen molar-refractivity contribution in [3.8, 4) is 0 Å². The van der Waals surface area contributed by atoms with Gasteiger partial charge in [-0.05, 0) is 25.7 Å². The average molecular weight is 418 g/mol. The molecule has 0 saturated carbocycles. The lowest BCUT2D eigenvalue weighted by atomic mass is 9.92. The number of unbranched alkanes of at least 4 members (excludes halogenated alkanes) is 3. The molecule has 2 N–H and O–H groups in total. The molecule has 0 aromatic rings. The predicted molar refractivity (Wildman–Crippen MR) is 61.8 cm³/mol. The highest BCUT2D eigenvalue weighted by Crippen LogP contribution is 2.47. The van der Waals surface area contributed by atoms with Crippen molar-refractivity contribution in [3.05, 3.63) is 0 Å². The second-order valence-corrected chi connectivity index (χ2v) is 5.63. The van der Waals surface area contributed by atoms with Gasteiger partial charge in [0.15, 0.2) is 0 Å². The molecule has 0 radical (unpaired) electrons. The van der Waals surface area contributed by atoms with Gasteiger partial charge in [-0.15, -0.1) is 0 Å². The summed E-state index contributed by atoms with van der Waals surface area (Å²) in [6, 6.07) is 0. The molecule has 0 amide bonds. The number of halogens is 12. The van der Waals surface area contributed by atoms with Crippen LogP contribution in [-0.2, 0) is 0 Å². The van der Waals surface area contributed by atoms with Gasteiger partial charge in [-0.2, -0.15) is 52.7 Å². The van der Waals surface area contributed by atoms with Crippen molar-refractivity contribution in [3.63, 3.8) is 0 Å². The molecule has 0 heterocycles. The number of rotatable bonds is 7. The van der Waals surface area contributed by atoms with Crippen LogP contribution in [0.15, 0.2) is 0 Å². The van der Waals surface area contributed by atoms with Gasteiger partial charge in [0.25, 0.3) is 11.2 Å². The van der Waals surface area contributed by atoms with E-state index >= 15 is 0 Å². The topological polar surface area (TPSA) is 40.5 Å². The van der Waals surface area contributed by atoms with E-state index in [1.54, 1.807) is 0 Å². The summed E-state index contributed by atoms with van der Waals surface area (Å²) in [6.45, 7) is 0. The molecule has 0 rings (SSSR count). The van der Waals surface area contributed by atoms with Gasteiger partial charge in [-0.3, -0.25) is 0 Å². The van der Waals surface area contributed by atoms with E-state index < -0.39 is 74.4 Å². The second kappa shape index (κ2) is 7.60. The Labute approximate surface area is 138 Å². The van der Waals surface area contributed by atoms with Crippen LogP contribution < -0.4 is 0 Å². The SMILES string of the molecule is OC(CCCCCCC(O)(C(F)(F)F)C(F)(F)F)(C(F)(F)F)C(F)(F)F. The Morgan fingerprint density at radius 3 is 0.731 bits per heavy atom. The number of hydrogen-bond acceptors (Lipinski definition) is 2. The number of aliphatic hydroxyl groups is 2. The van der Waals surface area contributed by atoms with E-state index in [2.05, 4.69) is 0 Å². The first-order chi connectivity index (χ1) is 11.2. The van der Waals surface area contributed by atoms with Crippen LogP contribution in [0.5, 0.6) is 0 Å². The van der Waals surface area contributed by atoms with Gasteiger partial charge in [-0.25, -0.2) is 0 Å². The van der Waals surface area contributed by atoms with Gasteiger partial charge in [0.1, 0.15) is 0 Å². The Morgan fingerprint density at radius 2 is 0.577 bits per heavy atom. The molecule has 26 heavy (non-hydrogen) atoms. The standard InChI is InChI=1S/C12H14F12O2/c13-9(14,15)7(25,10(16,17)18)5-3-1-2-4-6-8(26,11(19,20)21)12(22,23)24/h25-26H,1-6H2. The minimum absolute atomic E-state index is 0.625. The van der Waals surface area contributed by atoms with Gasteiger partial charge in [0, 0.05) is 0 Å². The first kappa shape index (κ1) is 25.1. The summed E-state index contributed by atoms with van der Waals surface area (Å²) in [7, 11) is 0. The van der Waals surface area contributed by atoms with Crippen LogP contribution in [0, 0.1) is 0 Å². The Kier molecular flexibility index (Phi) is 7.33. The van der Waals surface area contributed by atoms with Crippen LogP contribution in [0.2, 0.25) is 0 Å². The molecule has 0 fully saturated rings. The lowest BCUT2D eigenvalue weighted by molar-refractivity contribution is -0.371. The van der Waals surface area contributed by atoms with Crippen LogP contribution in [0.3, 0.4) is 0 Å². The van der Waals surface area contributed by atoms with Crippen molar-refractivity contribution in [2.45, 2.75) is 74.4 Å². The first-order valence-electron chi connectivity index (χ1n) is 6.92. The molecule has 2 nitrogen and oxygen atoms in total. The average Bonchev–Trinajstić information content (AvgIpc) is 2.36. The van der Waals surface area contributed by atoms with Crippen molar-refractivity contribution in [2.75, 3.05) is 0 Å². The molecule has 14 heteroatoms. The zero-order valence-corrected chi connectivity index (χ0v) is 12.7. The lowest BCUT2D eigenvalue weighted by Crippen LogP contribution is -2.56. The van der Waals surface area contributed by atoms with Crippen molar-refractivity contribution < 1.29 is 62.9 Å². The second-order valence-electron chi connectivity index (χ2n) is 5.63.